The Hall–Kier alpha value is -2.10. The van der Waals surface area contributed by atoms with Crippen LogP contribution in [0.1, 0.15) is 24.8 Å². The predicted octanol–water partition coefficient (Wildman–Crippen LogP) is 2.82. The number of nitrogens with one attached hydrogen (secondary N) is 2. The molecule has 0 bridgehead atoms. The minimum absolute atomic E-state index is 0.145. The minimum atomic E-state index is -0.670. The minimum Gasteiger partial charge on any atom is -0.466 e. The third-order valence-electron chi connectivity index (χ3n) is 5.99. The Morgan fingerprint density at radius 1 is 1.26 bits per heavy atom. The molecule has 1 saturated heterocycles. The highest BCUT2D eigenvalue weighted by molar-refractivity contribution is 6.30. The van der Waals surface area contributed by atoms with E-state index in [1.807, 2.05) is 6.07 Å². The summed E-state index contributed by atoms with van der Waals surface area (Å²) in [5.74, 6) is -1.13. The van der Waals surface area contributed by atoms with Crippen LogP contribution in [0.5, 0.6) is 0 Å². The first-order valence-electron chi connectivity index (χ1n) is 11.7. The third kappa shape index (κ3) is 7.44. The maximum atomic E-state index is 13.6. The summed E-state index contributed by atoms with van der Waals surface area (Å²) in [6, 6.07) is 7.16. The Kier molecular flexibility index (Phi) is 10.9. The zero-order chi connectivity index (χ0) is 25.2. The van der Waals surface area contributed by atoms with Crippen molar-refractivity contribution in [2.24, 2.45) is 0 Å². The number of morpholine rings is 1. The van der Waals surface area contributed by atoms with Gasteiger partial charge in [-0.05, 0) is 37.6 Å². The van der Waals surface area contributed by atoms with Crippen LogP contribution in [-0.2, 0) is 23.8 Å². The summed E-state index contributed by atoms with van der Waals surface area (Å²) < 4.78 is 16.1. The van der Waals surface area contributed by atoms with E-state index in [2.05, 4.69) is 15.5 Å². The van der Waals surface area contributed by atoms with E-state index in [1.165, 1.54) is 7.11 Å². The van der Waals surface area contributed by atoms with Gasteiger partial charge in [-0.2, -0.15) is 0 Å². The summed E-state index contributed by atoms with van der Waals surface area (Å²) in [6.07, 6.45) is 0.797. The van der Waals surface area contributed by atoms with Crippen molar-refractivity contribution in [2.75, 3.05) is 65.6 Å². The zero-order valence-electron chi connectivity index (χ0n) is 20.2. The van der Waals surface area contributed by atoms with Crippen LogP contribution in [0.3, 0.4) is 0 Å². The van der Waals surface area contributed by atoms with Gasteiger partial charge in [0, 0.05) is 36.2 Å². The summed E-state index contributed by atoms with van der Waals surface area (Å²) in [7, 11) is 1.33. The van der Waals surface area contributed by atoms with Gasteiger partial charge in [0.05, 0.1) is 56.3 Å². The first kappa shape index (κ1) is 27.5. The van der Waals surface area contributed by atoms with E-state index < -0.39 is 11.9 Å². The smallest absolute Gasteiger partial charge is 0.336 e. The molecule has 3 rings (SSSR count). The van der Waals surface area contributed by atoms with Crippen LogP contribution in [0.15, 0.2) is 46.8 Å². The second kappa shape index (κ2) is 13.8. The van der Waals surface area contributed by atoms with Crippen molar-refractivity contribution < 1.29 is 23.8 Å². The standard InChI is InChI=1S/C25H33Cl2N3O5/c1-17-21(25(32)33-2)22(18-5-3-6-19(27)15-18)23(20(29-17)16-35-12-7-26)24(31)28-8-4-9-30-10-13-34-14-11-30/h3,5-6,15,22,29H,4,7-14,16H2,1-2H3,(H,28,31). The number of carbonyl (C=O) groups excluding carboxylic acids is 2. The molecule has 8 nitrogen and oxygen atoms in total. The zero-order valence-corrected chi connectivity index (χ0v) is 21.7. The summed E-state index contributed by atoms with van der Waals surface area (Å²) in [6.45, 7) is 6.89. The molecule has 2 aliphatic rings. The fourth-order valence-corrected chi connectivity index (χ4v) is 4.64. The maximum Gasteiger partial charge on any atom is 0.336 e. The molecule has 0 spiro atoms. The maximum absolute atomic E-state index is 13.6. The van der Waals surface area contributed by atoms with Crippen molar-refractivity contribution in [3.05, 3.63) is 57.4 Å². The highest BCUT2D eigenvalue weighted by atomic mass is 35.5. The van der Waals surface area contributed by atoms with Gasteiger partial charge in [-0.1, -0.05) is 23.7 Å². The van der Waals surface area contributed by atoms with Gasteiger partial charge in [0.2, 0.25) is 5.91 Å². The van der Waals surface area contributed by atoms with Gasteiger partial charge in [-0.3, -0.25) is 9.69 Å². The molecule has 0 radical (unpaired) electrons. The van der Waals surface area contributed by atoms with Crippen LogP contribution in [-0.4, -0.2) is 82.4 Å². The quantitative estimate of drug-likeness (QED) is 0.261. The normalized spacial score (nSPS) is 18.9. The molecule has 2 aliphatic heterocycles. The lowest BCUT2D eigenvalue weighted by molar-refractivity contribution is -0.136. The van der Waals surface area contributed by atoms with Crippen LogP contribution in [0.4, 0.5) is 0 Å². The van der Waals surface area contributed by atoms with Crippen molar-refractivity contribution in [1.29, 1.82) is 0 Å². The molecule has 2 heterocycles. The average molecular weight is 526 g/mol. The van der Waals surface area contributed by atoms with Gasteiger partial charge in [0.25, 0.3) is 0 Å². The highest BCUT2D eigenvalue weighted by Crippen LogP contribution is 2.39. The molecule has 1 atom stereocenters. The van der Waals surface area contributed by atoms with Crippen molar-refractivity contribution in [2.45, 2.75) is 19.3 Å². The Morgan fingerprint density at radius 3 is 2.71 bits per heavy atom. The number of amides is 1. The van der Waals surface area contributed by atoms with Gasteiger partial charge in [-0.25, -0.2) is 4.79 Å². The first-order chi connectivity index (χ1) is 17.0. The van der Waals surface area contributed by atoms with Crippen LogP contribution < -0.4 is 10.6 Å². The molecular weight excluding hydrogens is 493 g/mol. The van der Waals surface area contributed by atoms with Crippen molar-refractivity contribution in [3.63, 3.8) is 0 Å². The largest absolute Gasteiger partial charge is 0.466 e. The molecular formula is C25H33Cl2N3O5. The summed E-state index contributed by atoms with van der Waals surface area (Å²) in [5.41, 5.74) is 2.65. The molecule has 1 unspecified atom stereocenters. The number of rotatable bonds is 11. The Morgan fingerprint density at radius 2 is 2.03 bits per heavy atom. The first-order valence-corrected chi connectivity index (χ1v) is 12.6. The van der Waals surface area contributed by atoms with E-state index in [-0.39, 0.29) is 12.5 Å². The number of nitrogens with zero attached hydrogens (tertiary/aromatic N) is 1. The van der Waals surface area contributed by atoms with E-state index in [4.69, 9.17) is 37.4 Å². The summed E-state index contributed by atoms with van der Waals surface area (Å²) in [4.78, 5) is 28.8. The van der Waals surface area contributed by atoms with Gasteiger partial charge in [0.1, 0.15) is 0 Å². The van der Waals surface area contributed by atoms with Crippen molar-refractivity contribution in [1.82, 2.24) is 15.5 Å². The third-order valence-corrected chi connectivity index (χ3v) is 6.37. The molecule has 2 N–H and O–H groups in total. The van der Waals surface area contributed by atoms with E-state index in [0.717, 1.165) is 39.3 Å². The number of halogens is 2. The number of esters is 1. The number of methoxy groups -OCH3 is 1. The molecule has 192 valence electrons. The van der Waals surface area contributed by atoms with Gasteiger partial charge >= 0.3 is 5.97 Å². The molecule has 0 saturated carbocycles. The second-order valence-electron chi connectivity index (χ2n) is 8.34. The number of hydrogen-bond acceptors (Lipinski definition) is 7. The summed E-state index contributed by atoms with van der Waals surface area (Å²) >= 11 is 12.1. The highest BCUT2D eigenvalue weighted by Gasteiger charge is 2.38. The lowest BCUT2D eigenvalue weighted by Crippen LogP contribution is -2.40. The molecule has 0 aromatic heterocycles. The van der Waals surface area contributed by atoms with E-state index in [9.17, 15) is 9.59 Å². The molecule has 0 aliphatic carbocycles. The Bertz CT molecular complexity index is 960. The predicted molar refractivity (Wildman–Crippen MR) is 135 cm³/mol. The molecule has 1 aromatic carbocycles. The summed E-state index contributed by atoms with van der Waals surface area (Å²) in [5, 5.41) is 6.74. The molecule has 35 heavy (non-hydrogen) atoms. The second-order valence-corrected chi connectivity index (χ2v) is 9.15. The average Bonchev–Trinajstić information content (AvgIpc) is 2.86. The number of hydrogen-bond donors (Lipinski definition) is 2. The number of alkyl halides is 1. The topological polar surface area (TPSA) is 89.1 Å². The number of carbonyl (C=O) groups is 2. The van der Waals surface area contributed by atoms with Crippen LogP contribution in [0.2, 0.25) is 5.02 Å². The number of dihydropyridines is 1. The lowest BCUT2D eigenvalue weighted by Gasteiger charge is -2.32. The van der Waals surface area contributed by atoms with Gasteiger partial charge < -0.3 is 24.8 Å². The van der Waals surface area contributed by atoms with E-state index in [1.54, 1.807) is 25.1 Å². The fraction of sp³-hybridized carbons (Fsp3) is 0.520. The van der Waals surface area contributed by atoms with Gasteiger partial charge in [0.15, 0.2) is 0 Å². The number of ether oxygens (including phenoxy) is 3. The number of benzene rings is 1. The molecule has 10 heteroatoms. The van der Waals surface area contributed by atoms with Crippen LogP contribution in [0.25, 0.3) is 0 Å². The van der Waals surface area contributed by atoms with E-state index >= 15 is 0 Å². The van der Waals surface area contributed by atoms with Crippen molar-refractivity contribution >= 4 is 35.1 Å². The molecule has 1 fully saturated rings. The Labute approximate surface area is 216 Å². The van der Waals surface area contributed by atoms with Crippen LogP contribution in [0, 0.1) is 0 Å². The Balaban J connectivity index is 1.88. The van der Waals surface area contributed by atoms with Crippen molar-refractivity contribution in [3.8, 4) is 0 Å². The van der Waals surface area contributed by atoms with Gasteiger partial charge in [-0.15, -0.1) is 11.6 Å². The number of allylic oxidation sites excluding steroid dienone is 1. The van der Waals surface area contributed by atoms with Crippen LogP contribution >= 0.6 is 23.2 Å². The molecule has 1 aromatic rings. The van der Waals surface area contributed by atoms with E-state index in [0.29, 0.717) is 52.2 Å². The SMILES string of the molecule is COC(=O)C1=C(C)NC(COCCCl)=C(C(=O)NCCCN2CCOCC2)C1c1cccc(Cl)c1. The lowest BCUT2D eigenvalue weighted by atomic mass is 9.80. The molecule has 1 amide bonds. The fourth-order valence-electron chi connectivity index (χ4n) is 4.33. The monoisotopic (exact) mass is 525 g/mol.